The molecular weight excluding hydrogens is 216 g/mol. The molecule has 0 aliphatic rings. The summed E-state index contributed by atoms with van der Waals surface area (Å²) in [5.41, 5.74) is 1.68. The molecule has 0 aliphatic heterocycles. The number of methoxy groups -OCH3 is 1. The molecule has 0 aliphatic carbocycles. The quantitative estimate of drug-likeness (QED) is 0.864. The summed E-state index contributed by atoms with van der Waals surface area (Å²) in [5.74, 6) is 0.149. The minimum absolute atomic E-state index is 0.149. The molecule has 1 N–H and O–H groups in total. The van der Waals surface area contributed by atoms with Gasteiger partial charge in [-0.3, -0.25) is 0 Å². The Morgan fingerprint density at radius 2 is 2.12 bits per heavy atom. The molecule has 2 atom stereocenters. The summed E-state index contributed by atoms with van der Waals surface area (Å²) in [7, 11) is 1.67. The van der Waals surface area contributed by atoms with Crippen LogP contribution >= 0.6 is 0 Å². The first-order valence-corrected chi connectivity index (χ1v) is 5.87. The number of aliphatic hydroxyl groups excluding tert-OH is 1. The van der Waals surface area contributed by atoms with Crippen LogP contribution in [0.25, 0.3) is 11.0 Å². The third-order valence-electron chi connectivity index (χ3n) is 3.15. The van der Waals surface area contributed by atoms with Crippen LogP contribution in [0.4, 0.5) is 0 Å². The van der Waals surface area contributed by atoms with Crippen LogP contribution in [-0.2, 0) is 4.74 Å². The van der Waals surface area contributed by atoms with Gasteiger partial charge in [0.25, 0.3) is 0 Å². The molecule has 0 radical (unpaired) electrons. The number of para-hydroxylation sites is 1. The van der Waals surface area contributed by atoms with Crippen molar-refractivity contribution >= 4 is 11.0 Å². The maximum atomic E-state index is 10.3. The maximum absolute atomic E-state index is 10.3. The van der Waals surface area contributed by atoms with Crippen molar-refractivity contribution in [2.75, 3.05) is 13.7 Å². The Labute approximate surface area is 101 Å². The highest BCUT2D eigenvalue weighted by atomic mass is 16.5. The van der Waals surface area contributed by atoms with Gasteiger partial charge in [-0.15, -0.1) is 0 Å². The van der Waals surface area contributed by atoms with Crippen LogP contribution in [0.15, 0.2) is 34.9 Å². The van der Waals surface area contributed by atoms with Gasteiger partial charge in [-0.25, -0.2) is 0 Å². The van der Waals surface area contributed by atoms with E-state index >= 15 is 0 Å². The van der Waals surface area contributed by atoms with Crippen LogP contribution in [0.2, 0.25) is 0 Å². The number of ether oxygens (including phenoxy) is 1. The number of fused-ring (bicyclic) bond motifs is 1. The van der Waals surface area contributed by atoms with Gasteiger partial charge in [0.15, 0.2) is 0 Å². The van der Waals surface area contributed by atoms with Crippen molar-refractivity contribution in [3.8, 4) is 0 Å². The summed E-state index contributed by atoms with van der Waals surface area (Å²) < 4.78 is 10.5. The van der Waals surface area contributed by atoms with E-state index in [0.29, 0.717) is 6.61 Å². The van der Waals surface area contributed by atoms with Gasteiger partial charge in [0.2, 0.25) is 0 Å². The van der Waals surface area contributed by atoms with Crippen LogP contribution in [0.5, 0.6) is 0 Å². The summed E-state index contributed by atoms with van der Waals surface area (Å²) >= 11 is 0. The maximum Gasteiger partial charge on any atom is 0.134 e. The minimum atomic E-state index is -0.506. The lowest BCUT2D eigenvalue weighted by molar-refractivity contribution is 0.0890. The predicted molar refractivity (Wildman–Crippen MR) is 66.8 cm³/mol. The molecule has 17 heavy (non-hydrogen) atoms. The first-order valence-electron chi connectivity index (χ1n) is 5.87. The predicted octanol–water partition coefficient (Wildman–Crippen LogP) is 3.14. The van der Waals surface area contributed by atoms with Crippen molar-refractivity contribution in [3.63, 3.8) is 0 Å². The van der Waals surface area contributed by atoms with Crippen LogP contribution in [0.3, 0.4) is 0 Å². The average molecular weight is 234 g/mol. The van der Waals surface area contributed by atoms with Gasteiger partial charge in [-0.2, -0.15) is 0 Å². The van der Waals surface area contributed by atoms with Crippen molar-refractivity contribution in [2.24, 2.45) is 5.92 Å². The van der Waals surface area contributed by atoms with E-state index in [1.54, 1.807) is 13.4 Å². The molecule has 1 heterocycles. The van der Waals surface area contributed by atoms with E-state index in [-0.39, 0.29) is 5.92 Å². The summed E-state index contributed by atoms with van der Waals surface area (Å²) in [6, 6.07) is 7.76. The van der Waals surface area contributed by atoms with E-state index in [2.05, 4.69) is 0 Å². The molecule has 2 unspecified atom stereocenters. The lowest BCUT2D eigenvalue weighted by atomic mass is 9.94. The highest BCUT2D eigenvalue weighted by molar-refractivity contribution is 5.81. The average Bonchev–Trinajstić information content (AvgIpc) is 2.78. The second kappa shape index (κ2) is 5.34. The number of rotatable bonds is 5. The minimum Gasteiger partial charge on any atom is -0.464 e. The first-order chi connectivity index (χ1) is 8.24. The van der Waals surface area contributed by atoms with Gasteiger partial charge in [0, 0.05) is 24.7 Å². The topological polar surface area (TPSA) is 42.6 Å². The zero-order valence-electron chi connectivity index (χ0n) is 10.2. The fraction of sp³-hybridized carbons (Fsp3) is 0.429. The number of furan rings is 1. The third-order valence-corrected chi connectivity index (χ3v) is 3.15. The van der Waals surface area contributed by atoms with E-state index in [0.717, 1.165) is 23.0 Å². The number of benzene rings is 1. The van der Waals surface area contributed by atoms with E-state index in [1.165, 1.54) is 0 Å². The molecule has 0 amide bonds. The second-order valence-corrected chi connectivity index (χ2v) is 4.39. The summed E-state index contributed by atoms with van der Waals surface area (Å²) in [4.78, 5) is 0. The number of hydrogen-bond acceptors (Lipinski definition) is 3. The van der Waals surface area contributed by atoms with Crippen molar-refractivity contribution in [2.45, 2.75) is 19.4 Å². The molecule has 92 valence electrons. The molecule has 0 saturated heterocycles. The molecule has 0 bridgehead atoms. The van der Waals surface area contributed by atoms with Gasteiger partial charge >= 0.3 is 0 Å². The van der Waals surface area contributed by atoms with Gasteiger partial charge in [-0.05, 0) is 18.4 Å². The van der Waals surface area contributed by atoms with Crippen molar-refractivity contribution in [1.29, 1.82) is 0 Å². The Morgan fingerprint density at radius 1 is 1.35 bits per heavy atom. The van der Waals surface area contributed by atoms with Crippen LogP contribution < -0.4 is 0 Å². The van der Waals surface area contributed by atoms with Crippen molar-refractivity contribution in [3.05, 3.63) is 36.1 Å². The fourth-order valence-electron chi connectivity index (χ4n) is 2.00. The Morgan fingerprint density at radius 3 is 2.88 bits per heavy atom. The SMILES string of the molecule is COCCC(C)C(O)c1coc2ccccc12. The largest absolute Gasteiger partial charge is 0.464 e. The Bertz CT molecular complexity index is 475. The van der Waals surface area contributed by atoms with Crippen molar-refractivity contribution < 1.29 is 14.3 Å². The Kier molecular flexibility index (Phi) is 3.82. The van der Waals surface area contributed by atoms with E-state index in [4.69, 9.17) is 9.15 Å². The molecule has 1 aromatic carbocycles. The summed E-state index contributed by atoms with van der Waals surface area (Å²) in [5, 5.41) is 11.3. The molecular formula is C14H18O3. The standard InChI is InChI=1S/C14H18O3/c1-10(7-8-16-2)14(15)12-9-17-13-6-4-3-5-11(12)13/h3-6,9-10,14-15H,7-8H2,1-2H3. The Hall–Kier alpha value is -1.32. The zero-order chi connectivity index (χ0) is 12.3. The van der Waals surface area contributed by atoms with Gasteiger partial charge in [0.1, 0.15) is 5.58 Å². The molecule has 3 nitrogen and oxygen atoms in total. The third kappa shape index (κ3) is 2.51. The van der Waals surface area contributed by atoms with E-state index in [1.807, 2.05) is 31.2 Å². The number of aliphatic hydroxyl groups is 1. The van der Waals surface area contributed by atoms with Crippen LogP contribution in [-0.4, -0.2) is 18.8 Å². The molecule has 2 rings (SSSR count). The Balaban J connectivity index is 2.21. The normalized spacial score (nSPS) is 15.0. The lowest BCUT2D eigenvalue weighted by Crippen LogP contribution is -2.11. The number of hydrogen-bond donors (Lipinski definition) is 1. The van der Waals surface area contributed by atoms with Crippen LogP contribution in [0, 0.1) is 5.92 Å². The molecule has 2 aromatic rings. The van der Waals surface area contributed by atoms with Gasteiger partial charge in [0.05, 0.1) is 12.4 Å². The summed E-state index contributed by atoms with van der Waals surface area (Å²) in [6.07, 6.45) is 1.98. The summed E-state index contributed by atoms with van der Waals surface area (Å²) in [6.45, 7) is 2.68. The van der Waals surface area contributed by atoms with E-state index in [9.17, 15) is 5.11 Å². The monoisotopic (exact) mass is 234 g/mol. The fourth-order valence-corrected chi connectivity index (χ4v) is 2.00. The van der Waals surface area contributed by atoms with Crippen molar-refractivity contribution in [1.82, 2.24) is 0 Å². The molecule has 3 heteroatoms. The molecule has 0 spiro atoms. The highest BCUT2D eigenvalue weighted by Crippen LogP contribution is 2.31. The molecule has 0 fully saturated rings. The lowest BCUT2D eigenvalue weighted by Gasteiger charge is -2.17. The van der Waals surface area contributed by atoms with Gasteiger partial charge < -0.3 is 14.3 Å². The molecule has 1 aromatic heterocycles. The van der Waals surface area contributed by atoms with E-state index < -0.39 is 6.10 Å². The van der Waals surface area contributed by atoms with Crippen LogP contribution in [0.1, 0.15) is 25.0 Å². The molecule has 0 saturated carbocycles. The smallest absolute Gasteiger partial charge is 0.134 e. The zero-order valence-corrected chi connectivity index (χ0v) is 10.2. The first kappa shape index (κ1) is 12.1. The van der Waals surface area contributed by atoms with Gasteiger partial charge in [-0.1, -0.05) is 25.1 Å². The highest BCUT2D eigenvalue weighted by Gasteiger charge is 2.20. The second-order valence-electron chi connectivity index (χ2n) is 4.39.